The van der Waals surface area contributed by atoms with Crippen molar-refractivity contribution in [3.05, 3.63) is 109 Å². The van der Waals surface area contributed by atoms with Crippen molar-refractivity contribution >= 4 is 10.8 Å². The Morgan fingerprint density at radius 1 is 0.472 bits per heavy atom. The van der Waals surface area contributed by atoms with Crippen LogP contribution >= 0.6 is 0 Å². The minimum atomic E-state index is 1.16. The molecule has 5 aromatic rings. The van der Waals surface area contributed by atoms with E-state index in [2.05, 4.69) is 110 Å². The topological polar surface area (TPSA) is 0 Å². The standard InChI is InChI=1S/C36H34/c1-2-3-4-5-6-9-15-26-24-29-20-14-21-31-32-23-22-30(27-16-10-7-11-17-27)35(28-18-12-8-13-19-28)36(32)33(25-26)34(29)31/h7-8,10-14,16-25H,2-6,9,15H2,1H3. The summed E-state index contributed by atoms with van der Waals surface area (Å²) in [6.07, 6.45) is 9.18. The average Bonchev–Trinajstić information content (AvgIpc) is 3.26. The average molecular weight is 467 g/mol. The largest absolute Gasteiger partial charge is 0.0654 e. The molecule has 0 unspecified atom stereocenters. The van der Waals surface area contributed by atoms with Crippen LogP contribution < -0.4 is 0 Å². The van der Waals surface area contributed by atoms with Crippen molar-refractivity contribution in [2.45, 2.75) is 51.9 Å². The summed E-state index contributed by atoms with van der Waals surface area (Å²) in [6, 6.07) is 38.3. The first-order valence-corrected chi connectivity index (χ1v) is 13.7. The van der Waals surface area contributed by atoms with Gasteiger partial charge in [0.05, 0.1) is 0 Å². The van der Waals surface area contributed by atoms with Crippen LogP contribution in [0.4, 0.5) is 0 Å². The second-order valence-corrected chi connectivity index (χ2v) is 10.2. The molecule has 0 nitrogen and oxygen atoms in total. The van der Waals surface area contributed by atoms with Gasteiger partial charge in [0.25, 0.3) is 0 Å². The lowest BCUT2D eigenvalue weighted by Gasteiger charge is -2.17. The quantitative estimate of drug-likeness (QED) is 0.186. The molecular formula is C36H34. The Balaban J connectivity index is 1.50. The molecule has 0 heterocycles. The number of hydrogen-bond donors (Lipinski definition) is 0. The zero-order valence-electron chi connectivity index (χ0n) is 21.3. The molecule has 0 fully saturated rings. The van der Waals surface area contributed by atoms with E-state index >= 15 is 0 Å². The smallest absolute Gasteiger partial charge is 0.00138 e. The lowest BCUT2D eigenvalue weighted by molar-refractivity contribution is 0.607. The van der Waals surface area contributed by atoms with Gasteiger partial charge in [-0.2, -0.15) is 0 Å². The van der Waals surface area contributed by atoms with Gasteiger partial charge in [0, 0.05) is 0 Å². The van der Waals surface area contributed by atoms with E-state index in [0.717, 1.165) is 6.42 Å². The third-order valence-electron chi connectivity index (χ3n) is 7.77. The molecular weight excluding hydrogens is 432 g/mol. The number of benzene rings is 5. The van der Waals surface area contributed by atoms with E-state index in [1.807, 2.05) is 0 Å². The van der Waals surface area contributed by atoms with Gasteiger partial charge < -0.3 is 0 Å². The van der Waals surface area contributed by atoms with Gasteiger partial charge in [-0.05, 0) is 73.7 Å². The fourth-order valence-electron chi connectivity index (χ4n) is 6.04. The van der Waals surface area contributed by atoms with E-state index in [4.69, 9.17) is 0 Å². The summed E-state index contributed by atoms with van der Waals surface area (Å²) in [5.74, 6) is 0. The highest BCUT2D eigenvalue weighted by molar-refractivity contribution is 6.19. The summed E-state index contributed by atoms with van der Waals surface area (Å²) in [4.78, 5) is 0. The second kappa shape index (κ2) is 10.2. The van der Waals surface area contributed by atoms with Crippen LogP contribution in [0.5, 0.6) is 0 Å². The molecule has 0 amide bonds. The molecule has 0 saturated heterocycles. The first-order chi connectivity index (χ1) is 17.8. The lowest BCUT2D eigenvalue weighted by Crippen LogP contribution is -1.92. The van der Waals surface area contributed by atoms with Crippen LogP contribution in [0.1, 0.15) is 51.0 Å². The van der Waals surface area contributed by atoms with E-state index < -0.39 is 0 Å². The van der Waals surface area contributed by atoms with E-state index in [9.17, 15) is 0 Å². The highest BCUT2D eigenvalue weighted by Gasteiger charge is 2.27. The zero-order chi connectivity index (χ0) is 24.3. The van der Waals surface area contributed by atoms with Crippen molar-refractivity contribution in [2.24, 2.45) is 0 Å². The van der Waals surface area contributed by atoms with Crippen molar-refractivity contribution in [1.82, 2.24) is 0 Å². The van der Waals surface area contributed by atoms with E-state index in [-0.39, 0.29) is 0 Å². The molecule has 178 valence electrons. The van der Waals surface area contributed by atoms with Crippen molar-refractivity contribution in [3.63, 3.8) is 0 Å². The van der Waals surface area contributed by atoms with Gasteiger partial charge in [-0.25, -0.2) is 0 Å². The third kappa shape index (κ3) is 4.16. The number of unbranched alkanes of at least 4 members (excludes halogenated alkanes) is 5. The first kappa shape index (κ1) is 22.8. The zero-order valence-corrected chi connectivity index (χ0v) is 21.3. The number of rotatable bonds is 9. The van der Waals surface area contributed by atoms with Gasteiger partial charge in [0.15, 0.2) is 0 Å². The molecule has 1 aliphatic rings. The summed E-state index contributed by atoms with van der Waals surface area (Å²) in [7, 11) is 0. The van der Waals surface area contributed by atoms with Crippen LogP contribution in [0.25, 0.3) is 55.3 Å². The maximum absolute atomic E-state index is 2.50. The van der Waals surface area contributed by atoms with Gasteiger partial charge in [0.1, 0.15) is 0 Å². The number of hydrogen-bond acceptors (Lipinski definition) is 0. The summed E-state index contributed by atoms with van der Waals surface area (Å²) < 4.78 is 0. The molecule has 0 N–H and O–H groups in total. The molecule has 0 heteroatoms. The Morgan fingerprint density at radius 3 is 1.94 bits per heavy atom. The van der Waals surface area contributed by atoms with E-state index in [0.29, 0.717) is 0 Å². The summed E-state index contributed by atoms with van der Waals surface area (Å²) in [6.45, 7) is 2.29. The summed E-state index contributed by atoms with van der Waals surface area (Å²) in [5, 5.41) is 2.80. The predicted molar refractivity (Wildman–Crippen MR) is 156 cm³/mol. The van der Waals surface area contributed by atoms with Crippen molar-refractivity contribution < 1.29 is 0 Å². The highest BCUT2D eigenvalue weighted by atomic mass is 14.3. The molecule has 0 saturated carbocycles. The van der Waals surface area contributed by atoms with Gasteiger partial charge >= 0.3 is 0 Å². The first-order valence-electron chi connectivity index (χ1n) is 13.7. The molecule has 1 aliphatic carbocycles. The monoisotopic (exact) mass is 466 g/mol. The fourth-order valence-corrected chi connectivity index (χ4v) is 6.04. The minimum Gasteiger partial charge on any atom is -0.0654 e. The molecule has 0 bridgehead atoms. The van der Waals surface area contributed by atoms with Crippen molar-refractivity contribution in [2.75, 3.05) is 0 Å². The SMILES string of the molecule is CCCCCCCCc1cc2c3c(cccc3c1)-c1ccc(-c3ccccc3)c(-c3ccccc3)c1-2. The minimum absolute atomic E-state index is 1.16. The maximum atomic E-state index is 2.50. The molecule has 0 aliphatic heterocycles. The van der Waals surface area contributed by atoms with Crippen LogP contribution in [0.3, 0.4) is 0 Å². The maximum Gasteiger partial charge on any atom is -0.00138 e. The van der Waals surface area contributed by atoms with Crippen molar-refractivity contribution in [1.29, 1.82) is 0 Å². The highest BCUT2D eigenvalue weighted by Crippen LogP contribution is 2.53. The normalized spacial score (nSPS) is 11.7. The molecule has 6 rings (SSSR count). The van der Waals surface area contributed by atoms with Crippen molar-refractivity contribution in [3.8, 4) is 44.5 Å². The molecule has 0 radical (unpaired) electrons. The Hall–Kier alpha value is -3.64. The third-order valence-corrected chi connectivity index (χ3v) is 7.77. The summed E-state index contributed by atoms with van der Waals surface area (Å²) >= 11 is 0. The Labute approximate surface area is 215 Å². The van der Waals surface area contributed by atoms with Crippen LogP contribution in [-0.2, 0) is 6.42 Å². The van der Waals surface area contributed by atoms with Gasteiger partial charge in [0.2, 0.25) is 0 Å². The van der Waals surface area contributed by atoms with E-state index in [1.54, 1.807) is 0 Å². The Bertz CT molecular complexity index is 1490. The number of fused-ring (bicyclic) bond motifs is 3. The van der Waals surface area contributed by atoms with E-state index in [1.165, 1.54) is 99.4 Å². The van der Waals surface area contributed by atoms with Crippen LogP contribution in [0.15, 0.2) is 103 Å². The second-order valence-electron chi connectivity index (χ2n) is 10.2. The van der Waals surface area contributed by atoms with Gasteiger partial charge in [-0.1, -0.05) is 142 Å². The molecule has 0 atom stereocenters. The molecule has 36 heavy (non-hydrogen) atoms. The summed E-state index contributed by atoms with van der Waals surface area (Å²) in [5.41, 5.74) is 12.3. The van der Waals surface area contributed by atoms with Crippen LogP contribution in [-0.4, -0.2) is 0 Å². The molecule has 0 spiro atoms. The predicted octanol–water partition coefficient (Wildman–Crippen LogP) is 10.7. The van der Waals surface area contributed by atoms with Crippen LogP contribution in [0.2, 0.25) is 0 Å². The fraction of sp³-hybridized carbons (Fsp3) is 0.222. The number of aryl methyl sites for hydroxylation is 1. The van der Waals surface area contributed by atoms with Gasteiger partial charge in [-0.3, -0.25) is 0 Å². The molecule has 5 aromatic carbocycles. The Kier molecular flexibility index (Phi) is 6.43. The molecule has 0 aromatic heterocycles. The van der Waals surface area contributed by atoms with Crippen LogP contribution in [0, 0.1) is 0 Å². The van der Waals surface area contributed by atoms with Gasteiger partial charge in [-0.15, -0.1) is 0 Å². The Morgan fingerprint density at radius 2 is 1.17 bits per heavy atom. The lowest BCUT2D eigenvalue weighted by atomic mass is 9.86.